The van der Waals surface area contributed by atoms with Gasteiger partial charge in [-0.05, 0) is 6.92 Å². The Morgan fingerprint density at radius 3 is 2.69 bits per heavy atom. The van der Waals surface area contributed by atoms with Crippen LogP contribution in [0.15, 0.2) is 11.0 Å². The molecule has 16 heavy (non-hydrogen) atoms. The number of aliphatic hydroxyl groups excluding tert-OH is 2. The minimum absolute atomic E-state index is 0.0117. The van der Waals surface area contributed by atoms with Crippen molar-refractivity contribution in [1.82, 2.24) is 14.8 Å². The molecule has 1 aliphatic rings. The molecule has 88 valence electrons. The summed E-state index contributed by atoms with van der Waals surface area (Å²) in [6.07, 6.45) is -2.72. The molecule has 2 rings (SSSR count). The fraction of sp³-hybridized carbons (Fsp3) is 0.625. The number of aromatic nitrogens is 3. The van der Waals surface area contributed by atoms with Gasteiger partial charge in [-0.15, -0.1) is 0 Å². The van der Waals surface area contributed by atoms with Gasteiger partial charge in [0.25, 0.3) is 0 Å². The van der Waals surface area contributed by atoms with Crippen LogP contribution in [0.5, 0.6) is 0 Å². The molecule has 0 aromatic carbocycles. The Labute approximate surface area is 90.3 Å². The number of nitrogens with two attached hydrogens (primary N) is 1. The van der Waals surface area contributed by atoms with Crippen LogP contribution in [-0.2, 0) is 4.74 Å². The Bertz CT molecular complexity index is 448. The molecule has 0 radical (unpaired) electrons. The van der Waals surface area contributed by atoms with Gasteiger partial charge >= 0.3 is 5.69 Å². The number of rotatable bonds is 1. The molecule has 4 N–H and O–H groups in total. The first-order chi connectivity index (χ1) is 7.50. The lowest BCUT2D eigenvalue weighted by atomic mass is 10.1. The maximum atomic E-state index is 11.4. The molecule has 4 atom stereocenters. The number of hydrogen-bond acceptors (Lipinski definition) is 7. The van der Waals surface area contributed by atoms with Crippen LogP contribution in [-0.4, -0.2) is 43.3 Å². The Kier molecular flexibility index (Phi) is 2.62. The zero-order valence-corrected chi connectivity index (χ0v) is 8.52. The van der Waals surface area contributed by atoms with Crippen molar-refractivity contribution in [2.24, 2.45) is 0 Å². The van der Waals surface area contributed by atoms with Crippen molar-refractivity contribution in [1.29, 1.82) is 0 Å². The van der Waals surface area contributed by atoms with Crippen molar-refractivity contribution in [3.05, 3.63) is 16.7 Å². The molecule has 0 amide bonds. The van der Waals surface area contributed by atoms with E-state index in [2.05, 4.69) is 10.1 Å². The van der Waals surface area contributed by atoms with Gasteiger partial charge in [0.15, 0.2) is 6.23 Å². The number of anilines is 1. The number of ether oxygens (including phenoxy) is 1. The van der Waals surface area contributed by atoms with E-state index in [-0.39, 0.29) is 5.82 Å². The second-order valence-electron chi connectivity index (χ2n) is 3.62. The summed E-state index contributed by atoms with van der Waals surface area (Å²) in [6, 6.07) is 0. The molecule has 8 nitrogen and oxygen atoms in total. The van der Waals surface area contributed by atoms with E-state index in [4.69, 9.17) is 10.5 Å². The zero-order valence-electron chi connectivity index (χ0n) is 8.52. The summed E-state index contributed by atoms with van der Waals surface area (Å²) < 4.78 is 6.07. The van der Waals surface area contributed by atoms with Gasteiger partial charge in [0.2, 0.25) is 0 Å². The van der Waals surface area contributed by atoms with Crippen molar-refractivity contribution in [3.8, 4) is 0 Å². The minimum Gasteiger partial charge on any atom is -0.388 e. The Balaban J connectivity index is 2.35. The van der Waals surface area contributed by atoms with E-state index < -0.39 is 30.2 Å². The summed E-state index contributed by atoms with van der Waals surface area (Å²) >= 11 is 0. The fourth-order valence-electron chi connectivity index (χ4n) is 1.57. The average molecular weight is 228 g/mol. The highest BCUT2D eigenvalue weighted by Crippen LogP contribution is 2.27. The number of aliphatic hydroxyl groups is 2. The summed E-state index contributed by atoms with van der Waals surface area (Å²) in [6.45, 7) is 1.59. The summed E-state index contributed by atoms with van der Waals surface area (Å²) in [4.78, 5) is 14.9. The first kappa shape index (κ1) is 11.0. The van der Waals surface area contributed by atoms with Gasteiger partial charge in [0, 0.05) is 0 Å². The van der Waals surface area contributed by atoms with Crippen LogP contribution in [0.2, 0.25) is 0 Å². The normalized spacial score (nSPS) is 34.2. The van der Waals surface area contributed by atoms with Crippen LogP contribution >= 0.6 is 0 Å². The van der Waals surface area contributed by atoms with Gasteiger partial charge < -0.3 is 20.7 Å². The number of hydrogen-bond donors (Lipinski definition) is 3. The second kappa shape index (κ2) is 3.81. The third-order valence-corrected chi connectivity index (χ3v) is 2.45. The van der Waals surface area contributed by atoms with E-state index in [0.29, 0.717) is 0 Å². The smallest absolute Gasteiger partial charge is 0.368 e. The summed E-state index contributed by atoms with van der Waals surface area (Å²) in [5, 5.41) is 22.8. The van der Waals surface area contributed by atoms with Gasteiger partial charge in [-0.25, -0.2) is 4.79 Å². The molecule has 0 saturated carbocycles. The molecule has 1 aromatic rings. The van der Waals surface area contributed by atoms with Crippen LogP contribution in [0.25, 0.3) is 0 Å². The molecular formula is C8H12N4O4. The molecule has 1 fully saturated rings. The maximum Gasteiger partial charge on any atom is 0.368 e. The standard InChI is InChI=1S/C8H12N4O4/c1-3-5(13)6(14)7(16-3)12-8(15)11-4(9)2-10-12/h2-3,5-7,13-14H,1H3,(H2,9,11,15)/t3-,5-,6-,7-/m1/s1. The molecule has 1 aromatic heterocycles. The van der Waals surface area contributed by atoms with E-state index in [0.717, 1.165) is 4.68 Å². The quantitative estimate of drug-likeness (QED) is 0.501. The lowest BCUT2D eigenvalue weighted by Crippen LogP contribution is -2.37. The Hall–Kier alpha value is -1.51. The number of nitrogens with zero attached hydrogens (tertiary/aromatic N) is 3. The molecule has 0 bridgehead atoms. The van der Waals surface area contributed by atoms with Crippen LogP contribution in [0.1, 0.15) is 13.2 Å². The van der Waals surface area contributed by atoms with Crippen LogP contribution in [0.4, 0.5) is 5.82 Å². The molecular weight excluding hydrogens is 216 g/mol. The van der Waals surface area contributed by atoms with E-state index in [9.17, 15) is 15.0 Å². The van der Waals surface area contributed by atoms with Crippen molar-refractivity contribution in [2.45, 2.75) is 31.5 Å². The maximum absolute atomic E-state index is 11.4. The predicted octanol–water partition coefficient (Wildman–Crippen LogP) is -2.14. The second-order valence-corrected chi connectivity index (χ2v) is 3.62. The topological polar surface area (TPSA) is 123 Å². The van der Waals surface area contributed by atoms with Crippen molar-refractivity contribution < 1.29 is 14.9 Å². The molecule has 0 unspecified atom stereocenters. The highest BCUT2D eigenvalue weighted by molar-refractivity contribution is 5.19. The largest absolute Gasteiger partial charge is 0.388 e. The van der Waals surface area contributed by atoms with Gasteiger partial charge in [-0.3, -0.25) is 0 Å². The monoisotopic (exact) mass is 228 g/mol. The highest BCUT2D eigenvalue weighted by Gasteiger charge is 2.42. The van der Waals surface area contributed by atoms with Gasteiger partial charge in [0.05, 0.1) is 12.3 Å². The lowest BCUT2D eigenvalue weighted by molar-refractivity contribution is -0.0435. The van der Waals surface area contributed by atoms with Crippen molar-refractivity contribution in [2.75, 3.05) is 5.73 Å². The Morgan fingerprint density at radius 1 is 1.50 bits per heavy atom. The summed E-state index contributed by atoms with van der Waals surface area (Å²) in [7, 11) is 0. The molecule has 0 spiro atoms. The molecule has 8 heteroatoms. The summed E-state index contributed by atoms with van der Waals surface area (Å²) in [5.41, 5.74) is 4.54. The van der Waals surface area contributed by atoms with E-state index in [1.807, 2.05) is 0 Å². The third-order valence-electron chi connectivity index (χ3n) is 2.45. The molecule has 0 aliphatic carbocycles. The molecule has 2 heterocycles. The molecule has 1 aliphatic heterocycles. The highest BCUT2D eigenvalue weighted by atomic mass is 16.6. The van der Waals surface area contributed by atoms with Gasteiger partial charge in [0.1, 0.15) is 18.0 Å². The summed E-state index contributed by atoms with van der Waals surface area (Å²) in [5.74, 6) is -0.0117. The fourth-order valence-corrected chi connectivity index (χ4v) is 1.57. The number of nitrogen functional groups attached to an aromatic ring is 1. The first-order valence-corrected chi connectivity index (χ1v) is 4.73. The Morgan fingerprint density at radius 2 is 2.19 bits per heavy atom. The third kappa shape index (κ3) is 1.66. The van der Waals surface area contributed by atoms with Crippen LogP contribution in [0.3, 0.4) is 0 Å². The lowest BCUT2D eigenvalue weighted by Gasteiger charge is -2.15. The first-order valence-electron chi connectivity index (χ1n) is 4.73. The van der Waals surface area contributed by atoms with E-state index in [1.165, 1.54) is 6.20 Å². The SMILES string of the molecule is C[C@H]1O[C@@H](n2ncc(N)nc2=O)[C@H](O)[C@@H]1O. The van der Waals surface area contributed by atoms with Crippen LogP contribution in [0, 0.1) is 0 Å². The minimum atomic E-state index is -1.22. The van der Waals surface area contributed by atoms with Gasteiger partial charge in [-0.1, -0.05) is 0 Å². The van der Waals surface area contributed by atoms with Crippen molar-refractivity contribution >= 4 is 5.82 Å². The van der Waals surface area contributed by atoms with Crippen molar-refractivity contribution in [3.63, 3.8) is 0 Å². The zero-order chi connectivity index (χ0) is 11.9. The van der Waals surface area contributed by atoms with Crippen LogP contribution < -0.4 is 11.4 Å². The van der Waals surface area contributed by atoms with Gasteiger partial charge in [-0.2, -0.15) is 14.8 Å². The van der Waals surface area contributed by atoms with E-state index >= 15 is 0 Å². The van der Waals surface area contributed by atoms with E-state index in [1.54, 1.807) is 6.92 Å². The predicted molar refractivity (Wildman–Crippen MR) is 52.3 cm³/mol. The average Bonchev–Trinajstić information content (AvgIpc) is 2.46. The molecule has 1 saturated heterocycles.